The first-order chi connectivity index (χ1) is 10.1. The molecule has 1 amide bonds. The summed E-state index contributed by atoms with van der Waals surface area (Å²) in [4.78, 5) is 18.1. The molecule has 1 aliphatic carbocycles. The van der Waals surface area contributed by atoms with Crippen molar-refractivity contribution in [1.82, 2.24) is 24.8 Å². The third kappa shape index (κ3) is 3.48. The normalized spacial score (nSPS) is 14.4. The Hall–Kier alpha value is -2.18. The summed E-state index contributed by atoms with van der Waals surface area (Å²) in [7, 11) is 3.63. The SMILES string of the molecule is CN(Cc1noc(C2CC2)n1)C(=O)CCc1cnn(C)c1. The maximum absolute atomic E-state index is 12.1. The van der Waals surface area contributed by atoms with Crippen molar-refractivity contribution in [3.05, 3.63) is 29.7 Å². The van der Waals surface area contributed by atoms with Crippen molar-refractivity contribution in [2.45, 2.75) is 38.1 Å². The van der Waals surface area contributed by atoms with Crippen molar-refractivity contribution < 1.29 is 9.32 Å². The monoisotopic (exact) mass is 289 g/mol. The zero-order chi connectivity index (χ0) is 14.8. The Morgan fingerprint density at radius 2 is 2.33 bits per heavy atom. The van der Waals surface area contributed by atoms with Crippen LogP contribution in [0, 0.1) is 0 Å². The van der Waals surface area contributed by atoms with E-state index in [2.05, 4.69) is 15.2 Å². The number of nitrogens with zero attached hydrogens (tertiary/aromatic N) is 5. The van der Waals surface area contributed by atoms with E-state index in [1.54, 1.807) is 22.8 Å². The van der Waals surface area contributed by atoms with Gasteiger partial charge in [0.2, 0.25) is 11.8 Å². The van der Waals surface area contributed by atoms with Crippen molar-refractivity contribution in [3.8, 4) is 0 Å². The lowest BCUT2D eigenvalue weighted by molar-refractivity contribution is -0.130. The molecule has 0 spiro atoms. The first kappa shape index (κ1) is 13.8. The molecule has 0 atom stereocenters. The van der Waals surface area contributed by atoms with Crippen LogP contribution in [0.4, 0.5) is 0 Å². The van der Waals surface area contributed by atoms with Gasteiger partial charge < -0.3 is 9.42 Å². The van der Waals surface area contributed by atoms with Crippen LogP contribution < -0.4 is 0 Å². The van der Waals surface area contributed by atoms with Crippen LogP contribution in [0.5, 0.6) is 0 Å². The van der Waals surface area contributed by atoms with Gasteiger partial charge >= 0.3 is 0 Å². The second-order valence-corrected chi connectivity index (χ2v) is 5.60. The fraction of sp³-hybridized carbons (Fsp3) is 0.571. The Morgan fingerprint density at radius 3 is 3.00 bits per heavy atom. The van der Waals surface area contributed by atoms with Crippen LogP contribution in [0.25, 0.3) is 0 Å². The number of amides is 1. The molecule has 2 heterocycles. The predicted molar refractivity (Wildman–Crippen MR) is 74.3 cm³/mol. The van der Waals surface area contributed by atoms with Gasteiger partial charge in [-0.15, -0.1) is 0 Å². The van der Waals surface area contributed by atoms with Crippen LogP contribution in [-0.2, 0) is 24.8 Å². The third-order valence-corrected chi connectivity index (χ3v) is 3.60. The zero-order valence-corrected chi connectivity index (χ0v) is 12.3. The molecule has 0 aliphatic heterocycles. The van der Waals surface area contributed by atoms with E-state index < -0.39 is 0 Å². The lowest BCUT2D eigenvalue weighted by Gasteiger charge is -2.14. The van der Waals surface area contributed by atoms with Gasteiger partial charge in [0.1, 0.15) is 0 Å². The van der Waals surface area contributed by atoms with Gasteiger partial charge in [-0.1, -0.05) is 5.16 Å². The van der Waals surface area contributed by atoms with Gasteiger partial charge in [-0.05, 0) is 24.8 Å². The second kappa shape index (κ2) is 5.67. The summed E-state index contributed by atoms with van der Waals surface area (Å²) in [5, 5.41) is 8.02. The Kier molecular flexibility index (Phi) is 3.72. The second-order valence-electron chi connectivity index (χ2n) is 5.60. The van der Waals surface area contributed by atoms with Crippen LogP contribution in [0.2, 0.25) is 0 Å². The van der Waals surface area contributed by atoms with E-state index in [1.165, 1.54) is 0 Å². The van der Waals surface area contributed by atoms with Crippen molar-refractivity contribution in [2.24, 2.45) is 7.05 Å². The van der Waals surface area contributed by atoms with Gasteiger partial charge in [-0.2, -0.15) is 10.1 Å². The molecule has 1 fully saturated rings. The lowest BCUT2D eigenvalue weighted by atomic mass is 10.2. The highest BCUT2D eigenvalue weighted by atomic mass is 16.5. The number of carbonyl (C=O) groups is 1. The molecule has 0 N–H and O–H groups in total. The largest absolute Gasteiger partial charge is 0.339 e. The standard InChI is InChI=1S/C14H19N5O2/c1-18(9-12-16-14(21-17-12)11-4-5-11)13(20)6-3-10-7-15-19(2)8-10/h7-8,11H,3-6,9H2,1-2H3. The van der Waals surface area contributed by atoms with Gasteiger partial charge in [-0.25, -0.2) is 0 Å². The number of hydrogen-bond acceptors (Lipinski definition) is 5. The van der Waals surface area contributed by atoms with Gasteiger partial charge in [0.15, 0.2) is 5.82 Å². The van der Waals surface area contributed by atoms with Gasteiger partial charge in [0.05, 0.1) is 12.7 Å². The maximum atomic E-state index is 12.1. The highest BCUT2D eigenvalue weighted by Gasteiger charge is 2.29. The molecule has 7 heteroatoms. The maximum Gasteiger partial charge on any atom is 0.229 e. The molecule has 0 saturated heterocycles. The number of hydrogen-bond donors (Lipinski definition) is 0. The first-order valence-corrected chi connectivity index (χ1v) is 7.16. The summed E-state index contributed by atoms with van der Waals surface area (Å²) in [6.45, 7) is 0.391. The summed E-state index contributed by atoms with van der Waals surface area (Å²) in [5.41, 5.74) is 1.06. The minimum atomic E-state index is 0.0663. The minimum Gasteiger partial charge on any atom is -0.339 e. The van der Waals surface area contributed by atoms with Crippen LogP contribution in [0.1, 0.15) is 42.5 Å². The van der Waals surface area contributed by atoms with E-state index in [9.17, 15) is 4.79 Å². The molecule has 1 saturated carbocycles. The highest BCUT2D eigenvalue weighted by molar-refractivity contribution is 5.76. The average molecular weight is 289 g/mol. The molecule has 0 aromatic carbocycles. The van der Waals surface area contributed by atoms with Crippen molar-refractivity contribution in [2.75, 3.05) is 7.05 Å². The van der Waals surface area contributed by atoms with Crippen molar-refractivity contribution >= 4 is 5.91 Å². The predicted octanol–water partition coefficient (Wildman–Crippen LogP) is 1.27. The highest BCUT2D eigenvalue weighted by Crippen LogP contribution is 2.38. The third-order valence-electron chi connectivity index (χ3n) is 3.60. The van der Waals surface area contributed by atoms with Gasteiger partial charge in [0.25, 0.3) is 0 Å². The Balaban J connectivity index is 1.49. The van der Waals surface area contributed by atoms with Crippen molar-refractivity contribution in [1.29, 1.82) is 0 Å². The summed E-state index contributed by atoms with van der Waals surface area (Å²) < 4.78 is 6.93. The van der Waals surface area contributed by atoms with E-state index in [0.29, 0.717) is 37.0 Å². The molecule has 0 unspecified atom stereocenters. The summed E-state index contributed by atoms with van der Waals surface area (Å²) in [5.74, 6) is 1.80. The zero-order valence-electron chi connectivity index (χ0n) is 12.3. The molecule has 2 aromatic rings. The van der Waals surface area contributed by atoms with E-state index in [1.807, 2.05) is 13.2 Å². The molecule has 2 aromatic heterocycles. The van der Waals surface area contributed by atoms with E-state index in [0.717, 1.165) is 18.4 Å². The Labute approximate surface area is 122 Å². The molecule has 0 bridgehead atoms. The van der Waals surface area contributed by atoms with Crippen LogP contribution >= 0.6 is 0 Å². The molecule has 0 radical (unpaired) electrons. The molecule has 7 nitrogen and oxygen atoms in total. The van der Waals surface area contributed by atoms with E-state index in [-0.39, 0.29) is 5.91 Å². The number of aryl methyl sites for hydroxylation is 2. The summed E-state index contributed by atoms with van der Waals surface area (Å²) >= 11 is 0. The fourth-order valence-electron chi connectivity index (χ4n) is 2.17. The quantitative estimate of drug-likeness (QED) is 0.800. The molecule has 3 rings (SSSR count). The summed E-state index contributed by atoms with van der Waals surface area (Å²) in [6, 6.07) is 0. The van der Waals surface area contributed by atoms with Crippen LogP contribution in [-0.4, -0.2) is 37.8 Å². The number of aromatic nitrogens is 4. The Bertz CT molecular complexity index is 629. The lowest BCUT2D eigenvalue weighted by Crippen LogP contribution is -2.26. The summed E-state index contributed by atoms with van der Waals surface area (Å²) in [6.07, 6.45) is 7.11. The molecular formula is C14H19N5O2. The smallest absolute Gasteiger partial charge is 0.229 e. The van der Waals surface area contributed by atoms with E-state index in [4.69, 9.17) is 4.52 Å². The first-order valence-electron chi connectivity index (χ1n) is 7.16. The number of rotatable bonds is 6. The van der Waals surface area contributed by atoms with E-state index >= 15 is 0 Å². The Morgan fingerprint density at radius 1 is 1.52 bits per heavy atom. The average Bonchev–Trinajstić information content (AvgIpc) is 3.07. The molecule has 21 heavy (non-hydrogen) atoms. The van der Waals surface area contributed by atoms with Crippen molar-refractivity contribution in [3.63, 3.8) is 0 Å². The fourth-order valence-corrected chi connectivity index (χ4v) is 2.17. The van der Waals surface area contributed by atoms with Gasteiger partial charge in [0, 0.05) is 32.6 Å². The molecular weight excluding hydrogens is 270 g/mol. The molecule has 112 valence electrons. The van der Waals surface area contributed by atoms with Crippen LogP contribution in [0.3, 0.4) is 0 Å². The van der Waals surface area contributed by atoms with Crippen LogP contribution in [0.15, 0.2) is 16.9 Å². The van der Waals surface area contributed by atoms with Gasteiger partial charge in [-0.3, -0.25) is 9.48 Å². The topological polar surface area (TPSA) is 77.1 Å². The number of carbonyl (C=O) groups excluding carboxylic acids is 1. The molecule has 1 aliphatic rings. The minimum absolute atomic E-state index is 0.0663.